The van der Waals surface area contributed by atoms with Crippen molar-refractivity contribution in [2.45, 2.75) is 25.8 Å². The number of rotatable bonds is 7. The van der Waals surface area contributed by atoms with E-state index < -0.39 is 0 Å². The molecular formula is C17H23NO2. The van der Waals surface area contributed by atoms with E-state index >= 15 is 0 Å². The van der Waals surface area contributed by atoms with Crippen molar-refractivity contribution in [3.05, 3.63) is 42.5 Å². The molecule has 1 unspecified atom stereocenters. The van der Waals surface area contributed by atoms with Crippen LogP contribution in [0.25, 0.3) is 10.8 Å². The summed E-state index contributed by atoms with van der Waals surface area (Å²) in [7, 11) is 0. The van der Waals surface area contributed by atoms with Gasteiger partial charge in [-0.15, -0.1) is 0 Å². The van der Waals surface area contributed by atoms with Crippen LogP contribution in [0.2, 0.25) is 0 Å². The number of hydrogen-bond acceptors (Lipinski definition) is 3. The zero-order valence-electron chi connectivity index (χ0n) is 12.2. The molecule has 0 aliphatic rings. The van der Waals surface area contributed by atoms with Crippen LogP contribution in [0, 0.1) is 0 Å². The fourth-order valence-corrected chi connectivity index (χ4v) is 2.30. The van der Waals surface area contributed by atoms with Gasteiger partial charge in [0.1, 0.15) is 5.75 Å². The van der Waals surface area contributed by atoms with Crippen molar-refractivity contribution in [3.8, 4) is 5.75 Å². The maximum atomic E-state index is 9.44. The predicted octanol–water partition coefficient (Wildman–Crippen LogP) is 2.97. The van der Waals surface area contributed by atoms with Crippen molar-refractivity contribution in [2.75, 3.05) is 19.8 Å². The molecule has 2 N–H and O–H groups in total. The van der Waals surface area contributed by atoms with Crippen LogP contribution in [0.5, 0.6) is 5.75 Å². The Morgan fingerprint density at radius 2 is 1.90 bits per heavy atom. The molecule has 0 fully saturated rings. The third-order valence-electron chi connectivity index (χ3n) is 3.60. The summed E-state index contributed by atoms with van der Waals surface area (Å²) in [6, 6.07) is 14.3. The number of nitrogens with one attached hydrogen (secondary N) is 1. The smallest absolute Gasteiger partial charge is 0.119 e. The van der Waals surface area contributed by atoms with E-state index in [1.54, 1.807) is 0 Å². The molecule has 3 nitrogen and oxygen atoms in total. The van der Waals surface area contributed by atoms with E-state index in [9.17, 15) is 5.11 Å². The lowest BCUT2D eigenvalue weighted by Crippen LogP contribution is -2.46. The quantitative estimate of drug-likeness (QED) is 0.815. The first-order valence-corrected chi connectivity index (χ1v) is 7.14. The fraction of sp³-hybridized carbons (Fsp3) is 0.412. The Labute approximate surface area is 120 Å². The number of aliphatic hydroxyl groups is 1. The highest BCUT2D eigenvalue weighted by molar-refractivity contribution is 5.83. The normalized spacial score (nSPS) is 14.2. The molecule has 0 amide bonds. The average molecular weight is 273 g/mol. The Balaban J connectivity index is 1.95. The Kier molecular flexibility index (Phi) is 4.99. The van der Waals surface area contributed by atoms with Crippen LogP contribution < -0.4 is 10.1 Å². The molecule has 0 spiro atoms. The summed E-state index contributed by atoms with van der Waals surface area (Å²) in [5.74, 6) is 0.875. The van der Waals surface area contributed by atoms with E-state index in [0.29, 0.717) is 6.61 Å². The monoisotopic (exact) mass is 273 g/mol. The molecule has 0 aliphatic carbocycles. The average Bonchev–Trinajstić information content (AvgIpc) is 2.47. The van der Waals surface area contributed by atoms with E-state index in [1.165, 1.54) is 10.8 Å². The van der Waals surface area contributed by atoms with Crippen molar-refractivity contribution in [2.24, 2.45) is 0 Å². The zero-order valence-corrected chi connectivity index (χ0v) is 12.2. The van der Waals surface area contributed by atoms with Gasteiger partial charge in [0.2, 0.25) is 0 Å². The molecule has 2 aromatic rings. The van der Waals surface area contributed by atoms with Crippen molar-refractivity contribution >= 4 is 10.8 Å². The molecule has 3 heteroatoms. The molecule has 1 atom stereocenters. The first kappa shape index (κ1) is 14.8. The highest BCUT2D eigenvalue weighted by atomic mass is 16.5. The van der Waals surface area contributed by atoms with Gasteiger partial charge in [0.05, 0.1) is 13.2 Å². The second-order valence-electron chi connectivity index (χ2n) is 5.36. The fourth-order valence-electron chi connectivity index (χ4n) is 2.30. The summed E-state index contributed by atoms with van der Waals surface area (Å²) >= 11 is 0. The predicted molar refractivity (Wildman–Crippen MR) is 83.2 cm³/mol. The number of fused-ring (bicyclic) bond motifs is 1. The summed E-state index contributed by atoms with van der Waals surface area (Å²) in [4.78, 5) is 0. The number of ether oxygens (including phenoxy) is 1. The van der Waals surface area contributed by atoms with Crippen molar-refractivity contribution < 1.29 is 9.84 Å². The highest BCUT2D eigenvalue weighted by Crippen LogP contribution is 2.21. The summed E-state index contributed by atoms with van der Waals surface area (Å²) in [6.07, 6.45) is 0.768. The molecule has 0 heterocycles. The standard InChI is InChI=1S/C17H23NO2/c1-3-18-17(2,13-19)10-11-20-16-9-8-14-6-4-5-7-15(14)12-16/h4-9,12,18-19H,3,10-11,13H2,1-2H3. The van der Waals surface area contributed by atoms with Crippen molar-refractivity contribution in [3.63, 3.8) is 0 Å². The molecule has 0 saturated heterocycles. The van der Waals surface area contributed by atoms with E-state index in [-0.39, 0.29) is 12.1 Å². The Hall–Kier alpha value is -1.58. The SMILES string of the molecule is CCNC(C)(CO)CCOc1ccc2ccccc2c1. The Morgan fingerprint density at radius 1 is 1.15 bits per heavy atom. The third kappa shape index (κ3) is 3.71. The molecule has 108 valence electrons. The largest absolute Gasteiger partial charge is 0.494 e. The second-order valence-corrected chi connectivity index (χ2v) is 5.36. The number of benzene rings is 2. The van der Waals surface area contributed by atoms with Crippen LogP contribution in [0.4, 0.5) is 0 Å². The maximum Gasteiger partial charge on any atom is 0.119 e. The lowest BCUT2D eigenvalue weighted by atomic mass is 10.00. The van der Waals surface area contributed by atoms with Crippen LogP contribution in [-0.4, -0.2) is 30.4 Å². The summed E-state index contributed by atoms with van der Waals surface area (Å²) in [5, 5.41) is 15.1. The molecule has 0 saturated carbocycles. The molecule has 20 heavy (non-hydrogen) atoms. The molecule has 2 aromatic carbocycles. The van der Waals surface area contributed by atoms with Crippen LogP contribution in [0.3, 0.4) is 0 Å². The van der Waals surface area contributed by atoms with Crippen LogP contribution in [0.1, 0.15) is 20.3 Å². The molecule has 0 aromatic heterocycles. The number of hydrogen-bond donors (Lipinski definition) is 2. The minimum atomic E-state index is -0.272. The van der Waals surface area contributed by atoms with Gasteiger partial charge in [0.25, 0.3) is 0 Å². The van der Waals surface area contributed by atoms with Gasteiger partial charge < -0.3 is 15.2 Å². The first-order valence-electron chi connectivity index (χ1n) is 7.14. The maximum absolute atomic E-state index is 9.44. The van der Waals surface area contributed by atoms with Crippen molar-refractivity contribution in [1.29, 1.82) is 0 Å². The third-order valence-corrected chi connectivity index (χ3v) is 3.60. The van der Waals surface area contributed by atoms with Gasteiger partial charge >= 0.3 is 0 Å². The Bertz CT molecular complexity index is 555. The van der Waals surface area contributed by atoms with Crippen LogP contribution >= 0.6 is 0 Å². The molecule has 2 rings (SSSR count). The van der Waals surface area contributed by atoms with Gasteiger partial charge in [0.15, 0.2) is 0 Å². The summed E-state index contributed by atoms with van der Waals surface area (Å²) in [5.41, 5.74) is -0.272. The van der Waals surface area contributed by atoms with Gasteiger partial charge in [0, 0.05) is 12.0 Å². The highest BCUT2D eigenvalue weighted by Gasteiger charge is 2.21. The van der Waals surface area contributed by atoms with Gasteiger partial charge in [-0.25, -0.2) is 0 Å². The first-order chi connectivity index (χ1) is 9.67. The minimum absolute atomic E-state index is 0.113. The van der Waals surface area contributed by atoms with E-state index in [2.05, 4.69) is 29.6 Å². The molecular weight excluding hydrogens is 250 g/mol. The van der Waals surface area contributed by atoms with Gasteiger partial charge in [-0.3, -0.25) is 0 Å². The van der Waals surface area contributed by atoms with Crippen molar-refractivity contribution in [1.82, 2.24) is 5.32 Å². The van der Waals surface area contributed by atoms with Crippen LogP contribution in [-0.2, 0) is 0 Å². The van der Waals surface area contributed by atoms with E-state index in [4.69, 9.17) is 4.74 Å². The molecule has 0 aliphatic heterocycles. The lowest BCUT2D eigenvalue weighted by molar-refractivity contribution is 0.146. The van der Waals surface area contributed by atoms with E-state index in [1.807, 2.05) is 32.0 Å². The van der Waals surface area contributed by atoms with E-state index in [0.717, 1.165) is 18.7 Å². The zero-order chi connectivity index (χ0) is 14.4. The molecule has 0 radical (unpaired) electrons. The van der Waals surface area contributed by atoms with Gasteiger partial charge in [-0.2, -0.15) is 0 Å². The molecule has 0 bridgehead atoms. The summed E-state index contributed by atoms with van der Waals surface area (Å²) in [6.45, 7) is 5.59. The topological polar surface area (TPSA) is 41.5 Å². The number of likely N-dealkylation sites (N-methyl/N-ethyl adjacent to an activating group) is 1. The van der Waals surface area contributed by atoms with Crippen LogP contribution in [0.15, 0.2) is 42.5 Å². The number of aliphatic hydroxyl groups excluding tert-OH is 1. The minimum Gasteiger partial charge on any atom is -0.494 e. The second kappa shape index (κ2) is 6.73. The van der Waals surface area contributed by atoms with Gasteiger partial charge in [-0.1, -0.05) is 37.3 Å². The van der Waals surface area contributed by atoms with Gasteiger partial charge in [-0.05, 0) is 36.4 Å². The Morgan fingerprint density at radius 3 is 2.60 bits per heavy atom. The summed E-state index contributed by atoms with van der Waals surface area (Å²) < 4.78 is 5.81. The lowest BCUT2D eigenvalue weighted by Gasteiger charge is -2.28.